The van der Waals surface area contributed by atoms with E-state index in [4.69, 9.17) is 4.42 Å². The molecule has 0 unspecified atom stereocenters. The van der Waals surface area contributed by atoms with Gasteiger partial charge in [-0.3, -0.25) is 9.59 Å². The van der Waals surface area contributed by atoms with Gasteiger partial charge in [-0.25, -0.2) is 0 Å². The Kier molecular flexibility index (Phi) is 6.01. The van der Waals surface area contributed by atoms with E-state index in [0.717, 1.165) is 35.5 Å². The second-order valence-electron chi connectivity index (χ2n) is 6.86. The van der Waals surface area contributed by atoms with Crippen LogP contribution in [0.2, 0.25) is 0 Å². The average Bonchev–Trinajstić information content (AvgIpc) is 3.09. The van der Waals surface area contributed by atoms with Gasteiger partial charge in [-0.05, 0) is 53.7 Å². The number of piperidine rings is 1. The highest BCUT2D eigenvalue weighted by atomic mass is 79.9. The first kappa shape index (κ1) is 19.0. The minimum absolute atomic E-state index is 0.0740. The smallest absolute Gasteiger partial charge is 0.287 e. The fourth-order valence-electron chi connectivity index (χ4n) is 3.54. The van der Waals surface area contributed by atoms with Crippen LogP contribution in [0.15, 0.2) is 33.2 Å². The fraction of sp³-hybridized carbons (Fsp3) is 0.500. The average molecular weight is 421 g/mol. The third-order valence-electron chi connectivity index (χ3n) is 5.20. The van der Waals surface area contributed by atoms with Gasteiger partial charge in [0.2, 0.25) is 5.91 Å². The van der Waals surface area contributed by atoms with E-state index in [2.05, 4.69) is 35.1 Å². The number of carbonyl (C=O) groups excluding carboxylic acids is 2. The predicted molar refractivity (Wildman–Crippen MR) is 105 cm³/mol. The summed E-state index contributed by atoms with van der Waals surface area (Å²) >= 11 is 3.44. The van der Waals surface area contributed by atoms with Gasteiger partial charge in [0.25, 0.3) is 5.91 Å². The molecule has 2 aromatic rings. The number of amides is 2. The molecule has 0 saturated carbocycles. The Hall–Kier alpha value is -1.82. The van der Waals surface area contributed by atoms with Gasteiger partial charge in [0.1, 0.15) is 5.58 Å². The minimum Gasteiger partial charge on any atom is -0.450 e. The van der Waals surface area contributed by atoms with Gasteiger partial charge in [0, 0.05) is 30.4 Å². The first-order valence-corrected chi connectivity index (χ1v) is 10.1. The van der Waals surface area contributed by atoms with E-state index in [0.29, 0.717) is 24.4 Å². The van der Waals surface area contributed by atoms with Crippen molar-refractivity contribution in [3.05, 3.63) is 34.5 Å². The number of nitrogens with zero attached hydrogens (tertiary/aromatic N) is 1. The molecule has 1 saturated heterocycles. The first-order valence-electron chi connectivity index (χ1n) is 9.31. The molecule has 1 aromatic carbocycles. The molecule has 2 amide bonds. The molecule has 1 fully saturated rings. The van der Waals surface area contributed by atoms with Crippen LogP contribution < -0.4 is 5.32 Å². The lowest BCUT2D eigenvalue weighted by Gasteiger charge is -2.34. The van der Waals surface area contributed by atoms with Crippen LogP contribution in [-0.4, -0.2) is 35.8 Å². The summed E-state index contributed by atoms with van der Waals surface area (Å²) in [6.45, 7) is 5.52. The van der Waals surface area contributed by atoms with Crippen molar-refractivity contribution in [2.24, 2.45) is 5.92 Å². The second-order valence-corrected chi connectivity index (χ2v) is 7.71. The number of carbonyl (C=O) groups is 2. The van der Waals surface area contributed by atoms with Crippen LogP contribution in [0.25, 0.3) is 11.0 Å². The van der Waals surface area contributed by atoms with Crippen molar-refractivity contribution in [2.75, 3.05) is 13.1 Å². The van der Waals surface area contributed by atoms with Crippen LogP contribution in [0, 0.1) is 5.92 Å². The van der Waals surface area contributed by atoms with Crippen LogP contribution >= 0.6 is 15.9 Å². The maximum Gasteiger partial charge on any atom is 0.287 e. The van der Waals surface area contributed by atoms with E-state index in [9.17, 15) is 9.59 Å². The molecule has 2 heterocycles. The van der Waals surface area contributed by atoms with Gasteiger partial charge in [-0.1, -0.05) is 26.0 Å². The molecule has 0 bridgehead atoms. The number of fused-ring (bicyclic) bond motifs is 1. The van der Waals surface area contributed by atoms with Gasteiger partial charge < -0.3 is 14.6 Å². The molecule has 0 aliphatic carbocycles. The Morgan fingerprint density at radius 2 is 1.96 bits per heavy atom. The third kappa shape index (κ3) is 3.95. The number of nitrogens with one attached hydrogen (secondary N) is 1. The second kappa shape index (κ2) is 8.25. The van der Waals surface area contributed by atoms with Crippen LogP contribution in [0.1, 0.15) is 50.1 Å². The summed E-state index contributed by atoms with van der Waals surface area (Å²) in [5, 5.41) is 3.94. The van der Waals surface area contributed by atoms with Gasteiger partial charge in [0.05, 0.1) is 4.47 Å². The summed E-state index contributed by atoms with van der Waals surface area (Å²) in [6.07, 6.45) is 3.32. The fourth-order valence-corrected chi connectivity index (χ4v) is 4.00. The number of likely N-dealkylation sites (tertiary alicyclic amines) is 1. The number of furan rings is 1. The van der Waals surface area contributed by atoms with E-state index >= 15 is 0 Å². The van der Waals surface area contributed by atoms with Gasteiger partial charge in [-0.2, -0.15) is 0 Å². The Balaban J connectivity index is 1.58. The summed E-state index contributed by atoms with van der Waals surface area (Å²) in [4.78, 5) is 26.9. The number of para-hydroxylation sites is 1. The van der Waals surface area contributed by atoms with Gasteiger partial charge >= 0.3 is 0 Å². The normalized spacial score (nSPS) is 15.6. The molecule has 0 atom stereocenters. The molecular weight excluding hydrogens is 396 g/mol. The summed E-state index contributed by atoms with van der Waals surface area (Å²) in [7, 11) is 0. The Morgan fingerprint density at radius 1 is 1.27 bits per heavy atom. The maximum atomic E-state index is 12.5. The molecule has 1 aliphatic rings. The van der Waals surface area contributed by atoms with Crippen LogP contribution in [0.5, 0.6) is 0 Å². The van der Waals surface area contributed by atoms with Crippen molar-refractivity contribution in [3.8, 4) is 0 Å². The quantitative estimate of drug-likeness (QED) is 0.781. The van der Waals surface area contributed by atoms with Crippen molar-refractivity contribution < 1.29 is 14.0 Å². The van der Waals surface area contributed by atoms with Gasteiger partial charge in [-0.15, -0.1) is 0 Å². The SMILES string of the molecule is CCC(CC)C(=O)N1CCC(NC(=O)c2cc3cccc(Br)c3o2)CC1. The molecule has 0 radical (unpaired) electrons. The highest BCUT2D eigenvalue weighted by molar-refractivity contribution is 9.10. The zero-order chi connectivity index (χ0) is 18.7. The summed E-state index contributed by atoms with van der Waals surface area (Å²) < 4.78 is 6.53. The first-order chi connectivity index (χ1) is 12.5. The zero-order valence-corrected chi connectivity index (χ0v) is 16.8. The van der Waals surface area contributed by atoms with E-state index in [1.807, 2.05) is 23.1 Å². The number of hydrogen-bond acceptors (Lipinski definition) is 3. The molecule has 3 rings (SSSR count). The Morgan fingerprint density at radius 3 is 2.58 bits per heavy atom. The zero-order valence-electron chi connectivity index (χ0n) is 15.3. The lowest BCUT2D eigenvalue weighted by atomic mass is 9.98. The van der Waals surface area contributed by atoms with Crippen LogP contribution in [-0.2, 0) is 4.79 Å². The lowest BCUT2D eigenvalue weighted by molar-refractivity contribution is -0.136. The third-order valence-corrected chi connectivity index (χ3v) is 5.82. The molecule has 0 spiro atoms. The molecular formula is C20H25BrN2O3. The predicted octanol–water partition coefficient (Wildman–Crippen LogP) is 4.35. The summed E-state index contributed by atoms with van der Waals surface area (Å²) in [6, 6.07) is 7.56. The topological polar surface area (TPSA) is 62.6 Å². The minimum atomic E-state index is -0.196. The highest BCUT2D eigenvalue weighted by Crippen LogP contribution is 2.27. The van der Waals surface area contributed by atoms with Crippen molar-refractivity contribution in [3.63, 3.8) is 0 Å². The van der Waals surface area contributed by atoms with E-state index in [1.165, 1.54) is 0 Å². The van der Waals surface area contributed by atoms with Gasteiger partial charge in [0.15, 0.2) is 5.76 Å². The molecule has 1 aliphatic heterocycles. The maximum absolute atomic E-state index is 12.5. The molecule has 5 nitrogen and oxygen atoms in total. The summed E-state index contributed by atoms with van der Waals surface area (Å²) in [5.41, 5.74) is 0.684. The highest BCUT2D eigenvalue weighted by Gasteiger charge is 2.27. The lowest BCUT2D eigenvalue weighted by Crippen LogP contribution is -2.48. The van der Waals surface area contributed by atoms with Crippen molar-refractivity contribution >= 4 is 38.7 Å². The number of hydrogen-bond donors (Lipinski definition) is 1. The van der Waals surface area contributed by atoms with E-state index < -0.39 is 0 Å². The van der Waals surface area contributed by atoms with Crippen molar-refractivity contribution in [2.45, 2.75) is 45.6 Å². The van der Waals surface area contributed by atoms with Crippen molar-refractivity contribution in [1.29, 1.82) is 0 Å². The van der Waals surface area contributed by atoms with Crippen LogP contribution in [0.3, 0.4) is 0 Å². The molecule has 1 N–H and O–H groups in total. The Labute approximate surface area is 162 Å². The molecule has 1 aromatic heterocycles. The van der Waals surface area contributed by atoms with Crippen LogP contribution in [0.4, 0.5) is 0 Å². The van der Waals surface area contributed by atoms with E-state index in [1.54, 1.807) is 6.07 Å². The molecule has 140 valence electrons. The Bertz CT molecular complexity index is 789. The van der Waals surface area contributed by atoms with Crippen molar-refractivity contribution in [1.82, 2.24) is 10.2 Å². The number of rotatable bonds is 5. The summed E-state index contributed by atoms with van der Waals surface area (Å²) in [5.74, 6) is 0.498. The number of halogens is 1. The van der Waals surface area contributed by atoms with E-state index in [-0.39, 0.29) is 23.8 Å². The number of benzene rings is 1. The monoisotopic (exact) mass is 420 g/mol. The standard InChI is InChI=1S/C20H25BrN2O3/c1-3-13(4-2)20(25)23-10-8-15(9-11-23)22-19(24)17-12-14-6-5-7-16(21)18(14)26-17/h5-7,12-13,15H,3-4,8-11H2,1-2H3,(H,22,24). The largest absolute Gasteiger partial charge is 0.450 e. The molecule has 6 heteroatoms. The molecule has 26 heavy (non-hydrogen) atoms.